The van der Waals surface area contributed by atoms with E-state index in [4.69, 9.17) is 9.47 Å². The molecule has 0 aromatic rings. The fourth-order valence-corrected chi connectivity index (χ4v) is 13.1. The van der Waals surface area contributed by atoms with Crippen LogP contribution in [0.2, 0.25) is 0 Å². The van der Waals surface area contributed by atoms with Crippen molar-refractivity contribution in [2.75, 3.05) is 40.0 Å². The van der Waals surface area contributed by atoms with Gasteiger partial charge in [0, 0.05) is 73.8 Å². The van der Waals surface area contributed by atoms with Crippen LogP contribution in [-0.4, -0.2) is 126 Å². The molecule has 13 heteroatoms. The van der Waals surface area contributed by atoms with Crippen LogP contribution in [0.3, 0.4) is 0 Å². The van der Waals surface area contributed by atoms with Gasteiger partial charge in [-0.25, -0.2) is 8.78 Å². The van der Waals surface area contributed by atoms with E-state index in [1.165, 1.54) is 30.4 Å². The number of hydrogen-bond donors (Lipinski definition) is 6. The van der Waals surface area contributed by atoms with Gasteiger partial charge in [0.2, 0.25) is 6.41 Å². The fourth-order valence-electron chi connectivity index (χ4n) is 11.6. The van der Waals surface area contributed by atoms with Crippen molar-refractivity contribution in [3.05, 3.63) is 34.5 Å². The molecule has 3 aliphatic carbocycles. The number of halogens is 2. The molecule has 0 spiro atoms. The maximum atomic E-state index is 16.9. The Morgan fingerprint density at radius 1 is 1.15 bits per heavy atom. The van der Waals surface area contributed by atoms with Gasteiger partial charge in [0.15, 0.2) is 0 Å². The summed E-state index contributed by atoms with van der Waals surface area (Å²) in [6.07, 6.45) is 15.2. The second-order valence-corrected chi connectivity index (χ2v) is 19.7. The number of likely N-dealkylation sites (tertiary alicyclic amines) is 1. The molecule has 14 atom stereocenters. The smallest absolute Gasteiger partial charge is 0.213 e. The number of thioether (sulfide) groups is 1. The first-order valence-corrected chi connectivity index (χ1v) is 21.6. The average Bonchev–Trinajstić information content (AvgIpc) is 3.70. The highest BCUT2D eigenvalue weighted by Gasteiger charge is 2.58. The third kappa shape index (κ3) is 7.26. The number of hydrogen-bond acceptors (Lipinski definition) is 11. The molecule has 6 unspecified atom stereocenters. The van der Waals surface area contributed by atoms with Gasteiger partial charge >= 0.3 is 0 Å². The largest absolute Gasteiger partial charge is 0.356 e. The van der Waals surface area contributed by atoms with E-state index in [2.05, 4.69) is 67.2 Å². The van der Waals surface area contributed by atoms with Gasteiger partial charge in [0.25, 0.3) is 0 Å². The van der Waals surface area contributed by atoms with Crippen molar-refractivity contribution >= 4 is 11.8 Å². The minimum Gasteiger partial charge on any atom is -0.356 e. The number of fused-ring (bicyclic) bond motifs is 5. The van der Waals surface area contributed by atoms with Gasteiger partial charge < -0.3 is 19.9 Å². The number of rotatable bonds is 11. The molecule has 0 aromatic heterocycles. The molecule has 0 amide bonds. The first-order chi connectivity index (χ1) is 25.5. The van der Waals surface area contributed by atoms with Crippen molar-refractivity contribution in [2.45, 2.75) is 150 Å². The Morgan fingerprint density at radius 2 is 2.00 bits per heavy atom. The number of aliphatic hydroxyl groups excluding tert-OH is 1. The summed E-state index contributed by atoms with van der Waals surface area (Å²) < 4.78 is 44.5. The molecular formula is C40H63F2N7O3S. The molecule has 5 saturated heterocycles. The van der Waals surface area contributed by atoms with Crippen molar-refractivity contribution in [1.29, 1.82) is 0 Å². The Balaban J connectivity index is 0.921. The number of nitrogens with one attached hydrogen (secondary N) is 5. The van der Waals surface area contributed by atoms with Crippen LogP contribution < -0.4 is 26.6 Å². The van der Waals surface area contributed by atoms with Crippen LogP contribution in [0, 0.1) is 23.7 Å². The Kier molecular flexibility index (Phi) is 10.5. The molecule has 10 nitrogen and oxygen atoms in total. The molecule has 9 rings (SSSR count). The monoisotopic (exact) mass is 759 g/mol. The van der Waals surface area contributed by atoms with Crippen LogP contribution in [-0.2, 0) is 9.47 Å². The lowest BCUT2D eigenvalue weighted by atomic mass is 9.75. The Labute approximate surface area is 319 Å². The van der Waals surface area contributed by atoms with E-state index in [0.29, 0.717) is 29.8 Å². The van der Waals surface area contributed by atoms with E-state index in [0.717, 1.165) is 77.2 Å². The molecule has 6 fully saturated rings. The van der Waals surface area contributed by atoms with E-state index in [9.17, 15) is 5.11 Å². The normalized spacial score (nSPS) is 44.7. The second-order valence-electron chi connectivity index (χ2n) is 18.4. The summed E-state index contributed by atoms with van der Waals surface area (Å²) in [6, 6.07) is 0.518. The number of allylic oxidation sites excluding steroid dienone is 1. The van der Waals surface area contributed by atoms with E-state index in [-0.39, 0.29) is 48.1 Å². The topological polar surface area (TPSA) is 105 Å². The number of nitrogens with zero attached hydrogens (tertiary/aromatic N) is 2. The summed E-state index contributed by atoms with van der Waals surface area (Å²) in [7, 11) is 1.40. The molecule has 6 heterocycles. The number of methoxy groups -OCH3 is 1. The number of aliphatic hydroxyl groups is 1. The zero-order valence-corrected chi connectivity index (χ0v) is 32.9. The number of ether oxygens (including phenoxy) is 2. The van der Waals surface area contributed by atoms with Gasteiger partial charge in [0.1, 0.15) is 17.7 Å². The molecule has 53 heavy (non-hydrogen) atoms. The molecule has 0 bridgehead atoms. The third-order valence-electron chi connectivity index (χ3n) is 14.6. The van der Waals surface area contributed by atoms with Crippen LogP contribution in [0.4, 0.5) is 8.78 Å². The van der Waals surface area contributed by atoms with Gasteiger partial charge in [-0.1, -0.05) is 17.7 Å². The van der Waals surface area contributed by atoms with Crippen molar-refractivity contribution in [3.8, 4) is 0 Å². The number of alkyl halides is 1. The highest BCUT2D eigenvalue weighted by atomic mass is 32.2. The van der Waals surface area contributed by atoms with Gasteiger partial charge in [-0.3, -0.25) is 31.1 Å². The highest BCUT2D eigenvalue weighted by molar-refractivity contribution is 8.04. The van der Waals surface area contributed by atoms with E-state index < -0.39 is 23.8 Å². The van der Waals surface area contributed by atoms with Crippen LogP contribution in [0.1, 0.15) is 78.6 Å². The minimum absolute atomic E-state index is 0.00554. The summed E-state index contributed by atoms with van der Waals surface area (Å²) in [5.74, 6) is 1.16. The van der Waals surface area contributed by atoms with Crippen LogP contribution in [0.5, 0.6) is 0 Å². The zero-order valence-electron chi connectivity index (χ0n) is 32.0. The summed E-state index contributed by atoms with van der Waals surface area (Å²) >= 11 is 2.06. The van der Waals surface area contributed by atoms with E-state index in [1.54, 1.807) is 13.8 Å². The molecule has 6 aliphatic heterocycles. The fraction of sp³-hybridized carbons (Fsp3) is 0.850. The zero-order chi connectivity index (χ0) is 36.6. The first-order valence-electron chi connectivity index (χ1n) is 20.7. The molecule has 1 saturated carbocycles. The van der Waals surface area contributed by atoms with Gasteiger partial charge in [-0.05, 0) is 109 Å². The average molecular weight is 760 g/mol. The maximum absolute atomic E-state index is 16.9. The van der Waals surface area contributed by atoms with Crippen molar-refractivity contribution < 1.29 is 23.4 Å². The molecule has 0 radical (unpaired) electrons. The molecule has 0 aromatic carbocycles. The summed E-state index contributed by atoms with van der Waals surface area (Å²) in [5.41, 5.74) is -0.448. The first kappa shape index (κ1) is 37.6. The van der Waals surface area contributed by atoms with Gasteiger partial charge in [0.05, 0.1) is 23.7 Å². The second kappa shape index (κ2) is 14.8. The summed E-state index contributed by atoms with van der Waals surface area (Å²) in [5, 5.41) is 28.6. The maximum Gasteiger partial charge on any atom is 0.213 e. The lowest BCUT2D eigenvalue weighted by Gasteiger charge is -2.51. The third-order valence-corrected chi connectivity index (χ3v) is 16.1. The summed E-state index contributed by atoms with van der Waals surface area (Å²) in [6.45, 7) is 9.18. The molecular weight excluding hydrogens is 697 g/mol. The highest BCUT2D eigenvalue weighted by Crippen LogP contribution is 2.56. The predicted molar refractivity (Wildman–Crippen MR) is 204 cm³/mol. The summed E-state index contributed by atoms with van der Waals surface area (Å²) in [4.78, 5) is 6.36. The Hall–Kier alpha value is -0.970. The van der Waals surface area contributed by atoms with E-state index in [1.807, 2.05) is 6.08 Å². The lowest BCUT2D eigenvalue weighted by molar-refractivity contribution is -0.176. The molecule has 6 N–H and O–H groups in total. The van der Waals surface area contributed by atoms with Gasteiger partial charge in [-0.15, -0.1) is 11.8 Å². The van der Waals surface area contributed by atoms with Crippen LogP contribution in [0.25, 0.3) is 0 Å². The standard InChI is InChI=1S/C40H63F2N7O3S/c1-39(2,42)34(46-38(50)51-4)20-48-13-5-6-35(48)40(3)45-19-28(47-40)24-15-26(41)36-30-16-25-14-23(27-18-43-21-44-27)9-10-29(25)49(30)37(52-31(36)17-24)33-12-11-32(53-33)22-7-8-22/h9,12,15,22,24-25,27-32,34-38,43-47,50H,5-8,10-11,13-14,16-21H2,1-4H3/t24-,25+,27+,28-,29+,30+,31?,32?,34?,35+,36-,37?,38?,40?/m1/s1. The lowest BCUT2D eigenvalue weighted by Crippen LogP contribution is -2.64. The SMILES string of the molecule is COC(O)NC(CN1CCC[C@H]1C1(C)NC[C@H]([C@@H]2C=C(F)[C@H]3C(C2)OC(C2=CCC(C4CC4)S2)N2[C@H]4CC=C([C@@H]5CNCN5)C[C@H]4C[C@@H]32)N1)C(C)(C)F. The van der Waals surface area contributed by atoms with Crippen LogP contribution >= 0.6 is 11.8 Å². The molecule has 296 valence electrons. The van der Waals surface area contributed by atoms with Gasteiger partial charge in [-0.2, -0.15) is 0 Å². The van der Waals surface area contributed by atoms with Crippen molar-refractivity contribution in [1.82, 2.24) is 36.4 Å². The van der Waals surface area contributed by atoms with E-state index >= 15 is 8.78 Å². The van der Waals surface area contributed by atoms with Crippen LogP contribution in [0.15, 0.2) is 34.5 Å². The minimum atomic E-state index is -1.56. The molecule has 9 aliphatic rings. The van der Waals surface area contributed by atoms with Crippen molar-refractivity contribution in [3.63, 3.8) is 0 Å². The Morgan fingerprint density at radius 3 is 2.75 bits per heavy atom. The Bertz CT molecular complexity index is 1450. The van der Waals surface area contributed by atoms with Crippen molar-refractivity contribution in [2.24, 2.45) is 23.7 Å². The quantitative estimate of drug-likeness (QED) is 0.138. The predicted octanol–water partition coefficient (Wildman–Crippen LogP) is 3.67.